The lowest BCUT2D eigenvalue weighted by Crippen LogP contribution is -2.34. The fourth-order valence-corrected chi connectivity index (χ4v) is 2.85. The maximum Gasteiger partial charge on any atom is 0.230 e. The van der Waals surface area contributed by atoms with Crippen molar-refractivity contribution in [2.75, 3.05) is 19.0 Å². The van der Waals surface area contributed by atoms with Crippen molar-refractivity contribution in [1.29, 1.82) is 0 Å². The van der Waals surface area contributed by atoms with Crippen LogP contribution in [0.3, 0.4) is 0 Å². The van der Waals surface area contributed by atoms with E-state index >= 15 is 0 Å². The van der Waals surface area contributed by atoms with Gasteiger partial charge in [-0.1, -0.05) is 35.9 Å². The van der Waals surface area contributed by atoms with Gasteiger partial charge < -0.3 is 10.2 Å². The third kappa shape index (κ3) is 3.21. The highest BCUT2D eigenvalue weighted by Crippen LogP contribution is 2.48. The monoisotopic (exact) mass is 309 g/mol. The molecule has 23 heavy (non-hydrogen) atoms. The molecule has 0 bridgehead atoms. The first-order chi connectivity index (χ1) is 11.0. The van der Waals surface area contributed by atoms with Gasteiger partial charge in [-0.2, -0.15) is 0 Å². The summed E-state index contributed by atoms with van der Waals surface area (Å²) in [6, 6.07) is 12.3. The van der Waals surface area contributed by atoms with Gasteiger partial charge in [-0.25, -0.2) is 4.98 Å². The Hall–Kier alpha value is -2.36. The summed E-state index contributed by atoms with van der Waals surface area (Å²) in [7, 11) is 3.92. The Morgan fingerprint density at radius 2 is 2.04 bits per heavy atom. The van der Waals surface area contributed by atoms with Gasteiger partial charge >= 0.3 is 0 Å². The minimum absolute atomic E-state index is 0.125. The molecule has 0 spiro atoms. The van der Waals surface area contributed by atoms with Crippen LogP contribution in [0.15, 0.2) is 42.6 Å². The second kappa shape index (κ2) is 6.03. The van der Waals surface area contributed by atoms with Gasteiger partial charge in [-0.15, -0.1) is 0 Å². The molecule has 1 aromatic carbocycles. The number of anilines is 1. The fraction of sp³-hybridized carbons (Fsp3) is 0.368. The summed E-state index contributed by atoms with van der Waals surface area (Å²) in [5.41, 5.74) is 3.04. The van der Waals surface area contributed by atoms with Crippen LogP contribution in [0.25, 0.3) is 0 Å². The van der Waals surface area contributed by atoms with Crippen molar-refractivity contribution < 1.29 is 4.79 Å². The third-order valence-electron chi connectivity index (χ3n) is 4.48. The number of aromatic nitrogens is 1. The van der Waals surface area contributed by atoms with E-state index in [0.717, 1.165) is 29.8 Å². The van der Waals surface area contributed by atoms with Crippen LogP contribution in [0.5, 0.6) is 0 Å². The molecular weight excluding hydrogens is 286 g/mol. The number of rotatable bonds is 5. The fourth-order valence-electron chi connectivity index (χ4n) is 2.85. The van der Waals surface area contributed by atoms with Crippen molar-refractivity contribution >= 4 is 11.7 Å². The summed E-state index contributed by atoms with van der Waals surface area (Å²) in [6.07, 6.45) is 3.68. The van der Waals surface area contributed by atoms with Crippen LogP contribution in [0.1, 0.15) is 29.5 Å². The van der Waals surface area contributed by atoms with Crippen molar-refractivity contribution in [2.24, 2.45) is 0 Å². The standard InChI is InChI=1S/C19H23N3O/c1-14-5-4-6-16(11-14)19(9-10-19)18(23)21-13-15-7-8-17(20-12-15)22(2)3/h4-8,11-12H,9-10,13H2,1-3H3,(H,21,23). The molecule has 4 nitrogen and oxygen atoms in total. The van der Waals surface area contributed by atoms with Gasteiger partial charge in [-0.05, 0) is 37.0 Å². The van der Waals surface area contributed by atoms with Gasteiger partial charge in [0.2, 0.25) is 5.91 Å². The molecule has 1 fully saturated rings. The average molecular weight is 309 g/mol. The van der Waals surface area contributed by atoms with Crippen molar-refractivity contribution in [3.8, 4) is 0 Å². The summed E-state index contributed by atoms with van der Waals surface area (Å²) in [5, 5.41) is 3.08. The highest BCUT2D eigenvalue weighted by molar-refractivity contribution is 5.91. The summed E-state index contributed by atoms with van der Waals surface area (Å²) in [5.74, 6) is 1.04. The Bertz CT molecular complexity index is 703. The summed E-state index contributed by atoms with van der Waals surface area (Å²) in [6.45, 7) is 2.59. The highest BCUT2D eigenvalue weighted by atomic mass is 16.2. The first-order valence-corrected chi connectivity index (χ1v) is 7.99. The van der Waals surface area contributed by atoms with Crippen LogP contribution < -0.4 is 10.2 Å². The van der Waals surface area contributed by atoms with Gasteiger partial charge in [0.05, 0.1) is 5.41 Å². The Morgan fingerprint density at radius 3 is 2.61 bits per heavy atom. The molecule has 0 aliphatic heterocycles. The average Bonchev–Trinajstić information content (AvgIpc) is 3.35. The van der Waals surface area contributed by atoms with Crippen LogP contribution in [0, 0.1) is 6.92 Å². The number of nitrogens with one attached hydrogen (secondary N) is 1. The first-order valence-electron chi connectivity index (χ1n) is 7.99. The minimum Gasteiger partial charge on any atom is -0.363 e. The van der Waals surface area contributed by atoms with E-state index in [0.29, 0.717) is 6.54 Å². The number of pyridine rings is 1. The molecule has 0 atom stereocenters. The summed E-state index contributed by atoms with van der Waals surface area (Å²) >= 11 is 0. The molecule has 3 rings (SSSR count). The highest BCUT2D eigenvalue weighted by Gasteiger charge is 2.51. The molecule has 2 aromatic rings. The van der Waals surface area contributed by atoms with Gasteiger partial charge in [0.15, 0.2) is 0 Å². The molecule has 0 saturated heterocycles. The lowest BCUT2D eigenvalue weighted by atomic mass is 9.93. The zero-order valence-corrected chi connectivity index (χ0v) is 14.0. The number of hydrogen-bond acceptors (Lipinski definition) is 3. The van der Waals surface area contributed by atoms with E-state index in [1.807, 2.05) is 43.4 Å². The molecule has 4 heteroatoms. The lowest BCUT2D eigenvalue weighted by molar-refractivity contribution is -0.123. The summed E-state index contributed by atoms with van der Waals surface area (Å²) < 4.78 is 0. The molecule has 1 aromatic heterocycles. The number of carbonyl (C=O) groups is 1. The van der Waals surface area contributed by atoms with Gasteiger partial charge in [0.1, 0.15) is 5.82 Å². The maximum atomic E-state index is 12.6. The van der Waals surface area contributed by atoms with E-state index in [2.05, 4.69) is 35.4 Å². The van der Waals surface area contributed by atoms with Crippen molar-refractivity contribution in [2.45, 2.75) is 31.7 Å². The predicted octanol–water partition coefficient (Wildman–Crippen LogP) is 2.80. The molecule has 0 radical (unpaired) electrons. The largest absolute Gasteiger partial charge is 0.363 e. The van der Waals surface area contributed by atoms with Gasteiger partial charge in [-0.3, -0.25) is 4.79 Å². The van der Waals surface area contributed by atoms with Crippen molar-refractivity contribution in [3.05, 3.63) is 59.3 Å². The molecule has 1 aliphatic rings. The van der Waals surface area contributed by atoms with E-state index in [4.69, 9.17) is 0 Å². The van der Waals surface area contributed by atoms with E-state index in [-0.39, 0.29) is 11.3 Å². The molecule has 1 aliphatic carbocycles. The quantitative estimate of drug-likeness (QED) is 0.924. The molecule has 1 saturated carbocycles. The minimum atomic E-state index is -0.316. The zero-order chi connectivity index (χ0) is 16.4. The van der Waals surface area contributed by atoms with Crippen LogP contribution >= 0.6 is 0 Å². The molecule has 0 unspecified atom stereocenters. The van der Waals surface area contributed by atoms with Gasteiger partial charge in [0.25, 0.3) is 0 Å². The Balaban J connectivity index is 1.65. The smallest absolute Gasteiger partial charge is 0.230 e. The van der Waals surface area contributed by atoms with Gasteiger partial charge in [0, 0.05) is 26.8 Å². The Labute approximate surface area is 137 Å². The SMILES string of the molecule is Cc1cccc(C2(C(=O)NCc3ccc(N(C)C)nc3)CC2)c1. The lowest BCUT2D eigenvalue weighted by Gasteiger charge is -2.17. The number of carbonyl (C=O) groups excluding carboxylic acids is 1. The van der Waals surface area contributed by atoms with E-state index < -0.39 is 0 Å². The van der Waals surface area contributed by atoms with Crippen LogP contribution in [0.4, 0.5) is 5.82 Å². The van der Waals surface area contributed by atoms with Crippen LogP contribution in [0.2, 0.25) is 0 Å². The van der Waals surface area contributed by atoms with E-state index in [1.54, 1.807) is 0 Å². The normalized spacial score (nSPS) is 15.1. The predicted molar refractivity (Wildman–Crippen MR) is 92.5 cm³/mol. The molecule has 1 heterocycles. The number of benzene rings is 1. The van der Waals surface area contributed by atoms with E-state index in [1.165, 1.54) is 5.56 Å². The van der Waals surface area contributed by atoms with Crippen molar-refractivity contribution in [1.82, 2.24) is 10.3 Å². The third-order valence-corrected chi connectivity index (χ3v) is 4.48. The second-order valence-corrected chi connectivity index (χ2v) is 6.55. The Morgan fingerprint density at radius 1 is 1.26 bits per heavy atom. The van der Waals surface area contributed by atoms with Crippen LogP contribution in [-0.4, -0.2) is 25.0 Å². The zero-order valence-electron chi connectivity index (χ0n) is 14.0. The number of nitrogens with zero attached hydrogens (tertiary/aromatic N) is 2. The Kier molecular flexibility index (Phi) is 4.07. The maximum absolute atomic E-state index is 12.6. The first kappa shape index (κ1) is 15.5. The van der Waals surface area contributed by atoms with E-state index in [9.17, 15) is 4.79 Å². The molecule has 120 valence electrons. The molecule has 1 N–H and O–H groups in total. The number of aryl methyl sites for hydroxylation is 1. The second-order valence-electron chi connectivity index (χ2n) is 6.55. The topological polar surface area (TPSA) is 45.2 Å². The molecular formula is C19H23N3O. The number of hydrogen-bond donors (Lipinski definition) is 1. The van der Waals surface area contributed by atoms with Crippen molar-refractivity contribution in [3.63, 3.8) is 0 Å². The number of amides is 1. The molecule has 1 amide bonds. The summed E-state index contributed by atoms with van der Waals surface area (Å²) in [4.78, 5) is 19.0. The van der Waals surface area contributed by atoms with Crippen LogP contribution in [-0.2, 0) is 16.8 Å².